The molecule has 4 nitrogen and oxygen atoms in total. The van der Waals surface area contributed by atoms with Crippen LogP contribution in [0.15, 0.2) is 40.0 Å². The average molecular weight is 365 g/mol. The first-order valence-electron chi connectivity index (χ1n) is 8.37. The Labute approximate surface area is 153 Å². The summed E-state index contributed by atoms with van der Waals surface area (Å²) in [6.07, 6.45) is 0. The highest BCUT2D eigenvalue weighted by atomic mass is 32.1. The Balaban J connectivity index is 1.95. The largest absolute Gasteiger partial charge is 0.357 e. The van der Waals surface area contributed by atoms with E-state index < -0.39 is 0 Å². The molecule has 0 amide bonds. The van der Waals surface area contributed by atoms with Crippen LogP contribution in [0.5, 0.6) is 0 Å². The molecule has 0 radical (unpaired) electrons. The molecule has 2 atom stereocenters. The van der Waals surface area contributed by atoms with Gasteiger partial charge in [0.25, 0.3) is 0 Å². The molecular weight excluding hydrogens is 336 g/mol. The fraction of sp³-hybridized carbons (Fsp3) is 0.500. The summed E-state index contributed by atoms with van der Waals surface area (Å²) in [6, 6.07) is 8.94. The lowest BCUT2D eigenvalue weighted by Crippen LogP contribution is -2.41. The van der Waals surface area contributed by atoms with Gasteiger partial charge in [0.2, 0.25) is 0 Å². The minimum atomic E-state index is 0.351. The second kappa shape index (κ2) is 9.81. The molecule has 0 fully saturated rings. The molecule has 2 aromatic rings. The van der Waals surface area contributed by atoms with E-state index in [1.807, 2.05) is 0 Å². The Morgan fingerprint density at radius 3 is 2.33 bits per heavy atom. The molecule has 0 spiro atoms. The van der Waals surface area contributed by atoms with Gasteiger partial charge in [-0.2, -0.15) is 0 Å². The molecule has 0 saturated carbocycles. The van der Waals surface area contributed by atoms with E-state index in [2.05, 4.69) is 78.5 Å². The molecule has 0 aliphatic rings. The van der Waals surface area contributed by atoms with Crippen LogP contribution in [-0.4, -0.2) is 44.6 Å². The number of nitrogens with one attached hydrogen (secondary N) is 2. The number of likely N-dealkylation sites (N-methyl/N-ethyl adjacent to an activating group) is 1. The topological polar surface area (TPSA) is 39.7 Å². The molecule has 2 rings (SSSR count). The van der Waals surface area contributed by atoms with Gasteiger partial charge in [0.05, 0.1) is 12.6 Å². The van der Waals surface area contributed by atoms with Crippen LogP contribution in [0, 0.1) is 0 Å². The zero-order valence-corrected chi connectivity index (χ0v) is 16.6. The smallest absolute Gasteiger partial charge is 0.191 e. The summed E-state index contributed by atoms with van der Waals surface area (Å²) < 4.78 is 0. The number of rotatable bonds is 8. The molecule has 132 valence electrons. The highest BCUT2D eigenvalue weighted by Gasteiger charge is 2.15. The number of aliphatic imine (C=N–C) groups is 1. The van der Waals surface area contributed by atoms with Gasteiger partial charge in [-0.1, -0.05) is 19.1 Å². The Morgan fingerprint density at radius 2 is 1.79 bits per heavy atom. The van der Waals surface area contributed by atoms with Crippen molar-refractivity contribution < 1.29 is 0 Å². The van der Waals surface area contributed by atoms with Crippen LogP contribution in [-0.2, 0) is 0 Å². The normalized spacial score (nSPS) is 14.6. The fourth-order valence-electron chi connectivity index (χ4n) is 2.44. The zero-order chi connectivity index (χ0) is 17.4. The summed E-state index contributed by atoms with van der Waals surface area (Å²) in [4.78, 5) is 9.77. The molecule has 0 bridgehead atoms. The van der Waals surface area contributed by atoms with E-state index in [4.69, 9.17) is 4.99 Å². The summed E-state index contributed by atoms with van der Waals surface area (Å²) >= 11 is 3.60. The number of hydrogen-bond donors (Lipinski definition) is 2. The van der Waals surface area contributed by atoms with Crippen molar-refractivity contribution in [3.05, 3.63) is 44.8 Å². The van der Waals surface area contributed by atoms with Gasteiger partial charge in [-0.25, -0.2) is 0 Å². The number of hydrogen-bond acceptors (Lipinski definition) is 4. The van der Waals surface area contributed by atoms with Gasteiger partial charge in [0.1, 0.15) is 0 Å². The van der Waals surface area contributed by atoms with Crippen molar-refractivity contribution in [2.75, 3.05) is 33.7 Å². The van der Waals surface area contributed by atoms with Gasteiger partial charge < -0.3 is 15.5 Å². The van der Waals surface area contributed by atoms with Gasteiger partial charge >= 0.3 is 0 Å². The summed E-state index contributed by atoms with van der Waals surface area (Å²) in [5, 5.41) is 11.1. The third-order valence-electron chi connectivity index (χ3n) is 3.85. The van der Waals surface area contributed by atoms with Crippen molar-refractivity contribution >= 4 is 28.6 Å². The molecule has 0 saturated heterocycles. The third kappa shape index (κ3) is 5.61. The predicted octanol–water partition coefficient (Wildman–Crippen LogP) is 3.77. The van der Waals surface area contributed by atoms with Gasteiger partial charge in [-0.05, 0) is 43.9 Å². The molecule has 0 aliphatic carbocycles. The lowest BCUT2D eigenvalue weighted by molar-refractivity contribution is 0.302. The van der Waals surface area contributed by atoms with Crippen molar-refractivity contribution in [2.45, 2.75) is 25.8 Å². The van der Waals surface area contributed by atoms with Gasteiger partial charge in [-0.15, -0.1) is 22.7 Å². The molecule has 2 aromatic heterocycles. The van der Waals surface area contributed by atoms with E-state index in [1.165, 1.54) is 9.75 Å². The molecule has 2 N–H and O–H groups in total. The molecule has 0 aromatic carbocycles. The first-order valence-corrected chi connectivity index (χ1v) is 10.1. The van der Waals surface area contributed by atoms with E-state index in [0.29, 0.717) is 12.0 Å². The lowest BCUT2D eigenvalue weighted by Gasteiger charge is -2.24. The van der Waals surface area contributed by atoms with Crippen LogP contribution >= 0.6 is 22.7 Å². The van der Waals surface area contributed by atoms with Crippen LogP contribution in [0.1, 0.15) is 35.6 Å². The van der Waals surface area contributed by atoms with Gasteiger partial charge in [0, 0.05) is 28.8 Å². The second-order valence-electron chi connectivity index (χ2n) is 6.01. The highest BCUT2D eigenvalue weighted by molar-refractivity contribution is 7.10. The molecule has 2 unspecified atom stereocenters. The summed E-state index contributed by atoms with van der Waals surface area (Å²) in [5.74, 6) is 1.34. The molecule has 24 heavy (non-hydrogen) atoms. The Hall–Kier alpha value is -1.37. The molecule has 6 heteroatoms. The van der Waals surface area contributed by atoms with Crippen LogP contribution in [0.3, 0.4) is 0 Å². The Kier molecular flexibility index (Phi) is 7.75. The summed E-state index contributed by atoms with van der Waals surface area (Å²) in [5.41, 5.74) is 0. The minimum Gasteiger partial charge on any atom is -0.357 e. The summed E-state index contributed by atoms with van der Waals surface area (Å²) in [6.45, 7) is 6.83. The van der Waals surface area contributed by atoms with Gasteiger partial charge in [0.15, 0.2) is 5.96 Å². The van der Waals surface area contributed by atoms with Gasteiger partial charge in [-0.3, -0.25) is 4.99 Å². The standard InChI is InChI=1S/C18H28N4S2/c1-5-19-18(20-12-14(2)16-8-6-10-23-16)21-13-15(22(3)4)17-9-7-11-24-17/h6-11,14-15H,5,12-13H2,1-4H3,(H2,19,20,21). The Bertz CT molecular complexity index is 591. The highest BCUT2D eigenvalue weighted by Crippen LogP contribution is 2.22. The van der Waals surface area contributed by atoms with Crippen LogP contribution < -0.4 is 10.6 Å². The Morgan fingerprint density at radius 1 is 1.12 bits per heavy atom. The van der Waals surface area contributed by atoms with Crippen molar-refractivity contribution in [3.8, 4) is 0 Å². The zero-order valence-electron chi connectivity index (χ0n) is 15.0. The average Bonchev–Trinajstić information content (AvgIpc) is 3.25. The molecule has 0 aliphatic heterocycles. The minimum absolute atomic E-state index is 0.351. The maximum Gasteiger partial charge on any atom is 0.191 e. The molecular formula is C18H28N4S2. The van der Waals surface area contributed by atoms with E-state index in [0.717, 1.165) is 25.6 Å². The first kappa shape index (κ1) is 19.0. The number of nitrogens with zero attached hydrogens (tertiary/aromatic N) is 2. The van der Waals surface area contributed by atoms with E-state index in [1.54, 1.807) is 22.7 Å². The van der Waals surface area contributed by atoms with Crippen molar-refractivity contribution in [2.24, 2.45) is 4.99 Å². The van der Waals surface area contributed by atoms with Crippen molar-refractivity contribution in [1.29, 1.82) is 0 Å². The van der Waals surface area contributed by atoms with E-state index in [-0.39, 0.29) is 0 Å². The third-order valence-corrected chi connectivity index (χ3v) is 5.93. The van der Waals surface area contributed by atoms with Crippen LogP contribution in [0.4, 0.5) is 0 Å². The number of guanidine groups is 1. The fourth-order valence-corrected chi connectivity index (χ4v) is 4.14. The maximum atomic E-state index is 4.77. The van der Waals surface area contributed by atoms with Crippen LogP contribution in [0.2, 0.25) is 0 Å². The second-order valence-corrected chi connectivity index (χ2v) is 7.97. The summed E-state index contributed by atoms with van der Waals surface area (Å²) in [7, 11) is 4.24. The van der Waals surface area contributed by atoms with Crippen molar-refractivity contribution in [3.63, 3.8) is 0 Å². The van der Waals surface area contributed by atoms with Crippen molar-refractivity contribution in [1.82, 2.24) is 15.5 Å². The van der Waals surface area contributed by atoms with Crippen LogP contribution in [0.25, 0.3) is 0 Å². The monoisotopic (exact) mass is 364 g/mol. The molecule has 2 heterocycles. The quantitative estimate of drug-likeness (QED) is 0.553. The van der Waals surface area contributed by atoms with E-state index in [9.17, 15) is 0 Å². The first-order chi connectivity index (χ1) is 11.6. The number of thiophene rings is 2. The lowest BCUT2D eigenvalue weighted by atomic mass is 10.1. The van der Waals surface area contributed by atoms with E-state index >= 15 is 0 Å². The maximum absolute atomic E-state index is 4.77. The SMILES string of the molecule is CCNC(=NCC(C)c1cccs1)NCC(c1cccs1)N(C)C. The predicted molar refractivity (Wildman–Crippen MR) is 107 cm³/mol.